The number of aryl methyl sites for hydroxylation is 1. The van der Waals surface area contributed by atoms with Crippen LogP contribution in [0.25, 0.3) is 0 Å². The van der Waals surface area contributed by atoms with E-state index in [0.29, 0.717) is 16.4 Å². The predicted molar refractivity (Wildman–Crippen MR) is 98.7 cm³/mol. The molecule has 3 aromatic rings. The first kappa shape index (κ1) is 16.7. The van der Waals surface area contributed by atoms with Gasteiger partial charge in [-0.05, 0) is 24.1 Å². The van der Waals surface area contributed by atoms with Gasteiger partial charge in [-0.2, -0.15) is 0 Å². The SMILES string of the molecule is Cc1nc(Cc2ccccc2)sc1C(=O)NCc1ccccc1Cl. The van der Waals surface area contributed by atoms with Crippen molar-refractivity contribution in [2.45, 2.75) is 19.9 Å². The van der Waals surface area contributed by atoms with Gasteiger partial charge in [0.05, 0.1) is 10.7 Å². The summed E-state index contributed by atoms with van der Waals surface area (Å²) in [6, 6.07) is 17.6. The fourth-order valence-corrected chi connectivity index (χ4v) is 3.62. The summed E-state index contributed by atoms with van der Waals surface area (Å²) >= 11 is 7.56. The molecule has 5 heteroatoms. The first-order chi connectivity index (χ1) is 11.6. The molecule has 0 fully saturated rings. The summed E-state index contributed by atoms with van der Waals surface area (Å²) in [7, 11) is 0. The summed E-state index contributed by atoms with van der Waals surface area (Å²) in [5.74, 6) is -0.107. The van der Waals surface area contributed by atoms with Crippen LogP contribution in [-0.4, -0.2) is 10.9 Å². The highest BCUT2D eigenvalue weighted by molar-refractivity contribution is 7.13. The van der Waals surface area contributed by atoms with E-state index < -0.39 is 0 Å². The van der Waals surface area contributed by atoms with Crippen LogP contribution in [0.4, 0.5) is 0 Å². The van der Waals surface area contributed by atoms with E-state index in [0.717, 1.165) is 22.7 Å². The van der Waals surface area contributed by atoms with Crippen LogP contribution in [0.3, 0.4) is 0 Å². The molecule has 0 saturated carbocycles. The number of thiazole rings is 1. The lowest BCUT2D eigenvalue weighted by Crippen LogP contribution is -2.22. The third kappa shape index (κ3) is 4.02. The molecule has 122 valence electrons. The number of benzene rings is 2. The van der Waals surface area contributed by atoms with E-state index in [1.54, 1.807) is 0 Å². The molecule has 2 aromatic carbocycles. The van der Waals surface area contributed by atoms with Gasteiger partial charge in [0.1, 0.15) is 4.88 Å². The normalized spacial score (nSPS) is 10.6. The van der Waals surface area contributed by atoms with E-state index in [2.05, 4.69) is 22.4 Å². The second kappa shape index (κ2) is 7.60. The molecule has 3 nitrogen and oxygen atoms in total. The summed E-state index contributed by atoms with van der Waals surface area (Å²) in [6.07, 6.45) is 0.740. The fourth-order valence-electron chi connectivity index (χ4n) is 2.41. The third-order valence-electron chi connectivity index (χ3n) is 3.64. The van der Waals surface area contributed by atoms with Gasteiger partial charge in [-0.25, -0.2) is 4.98 Å². The maximum atomic E-state index is 12.4. The largest absolute Gasteiger partial charge is 0.347 e. The zero-order valence-electron chi connectivity index (χ0n) is 13.3. The van der Waals surface area contributed by atoms with E-state index >= 15 is 0 Å². The number of nitrogens with one attached hydrogen (secondary N) is 1. The number of nitrogens with zero attached hydrogens (tertiary/aromatic N) is 1. The molecule has 0 aliphatic carbocycles. The van der Waals surface area contributed by atoms with E-state index in [1.807, 2.05) is 49.4 Å². The van der Waals surface area contributed by atoms with Crippen molar-refractivity contribution in [1.29, 1.82) is 0 Å². The van der Waals surface area contributed by atoms with Crippen LogP contribution in [-0.2, 0) is 13.0 Å². The number of carbonyl (C=O) groups excluding carboxylic acids is 1. The van der Waals surface area contributed by atoms with Gasteiger partial charge in [0.15, 0.2) is 0 Å². The Morgan fingerprint density at radius 3 is 2.58 bits per heavy atom. The Kier molecular flexibility index (Phi) is 5.28. The molecule has 0 atom stereocenters. The van der Waals surface area contributed by atoms with Crippen molar-refractivity contribution < 1.29 is 4.79 Å². The lowest BCUT2D eigenvalue weighted by molar-refractivity contribution is 0.0954. The Morgan fingerprint density at radius 1 is 1.12 bits per heavy atom. The highest BCUT2D eigenvalue weighted by Crippen LogP contribution is 2.21. The lowest BCUT2D eigenvalue weighted by atomic mass is 10.2. The van der Waals surface area contributed by atoms with Crippen molar-refractivity contribution in [3.05, 3.63) is 86.3 Å². The summed E-state index contributed by atoms with van der Waals surface area (Å²) in [6.45, 7) is 2.28. The highest BCUT2D eigenvalue weighted by Gasteiger charge is 2.15. The molecule has 24 heavy (non-hydrogen) atoms. The van der Waals surface area contributed by atoms with Crippen molar-refractivity contribution in [3.63, 3.8) is 0 Å². The second-order valence-electron chi connectivity index (χ2n) is 5.46. The van der Waals surface area contributed by atoms with Gasteiger partial charge in [0.25, 0.3) is 5.91 Å². The average molecular weight is 357 g/mol. The molecule has 1 N–H and O–H groups in total. The minimum atomic E-state index is -0.107. The smallest absolute Gasteiger partial charge is 0.263 e. The molecular weight excluding hydrogens is 340 g/mol. The molecule has 0 radical (unpaired) electrons. The number of halogens is 1. The quantitative estimate of drug-likeness (QED) is 0.724. The van der Waals surface area contributed by atoms with Crippen LogP contribution in [0.15, 0.2) is 54.6 Å². The minimum absolute atomic E-state index is 0.107. The molecule has 1 heterocycles. The number of hydrogen-bond donors (Lipinski definition) is 1. The van der Waals surface area contributed by atoms with E-state index in [-0.39, 0.29) is 5.91 Å². The molecule has 3 rings (SSSR count). The fraction of sp³-hybridized carbons (Fsp3) is 0.158. The number of hydrogen-bond acceptors (Lipinski definition) is 3. The average Bonchev–Trinajstić information content (AvgIpc) is 2.95. The topological polar surface area (TPSA) is 42.0 Å². The second-order valence-corrected chi connectivity index (χ2v) is 6.95. The van der Waals surface area contributed by atoms with Gasteiger partial charge in [0.2, 0.25) is 0 Å². The Labute approximate surface area is 150 Å². The zero-order chi connectivity index (χ0) is 16.9. The van der Waals surface area contributed by atoms with Crippen molar-refractivity contribution in [2.75, 3.05) is 0 Å². The van der Waals surface area contributed by atoms with E-state index in [1.165, 1.54) is 16.9 Å². The number of carbonyl (C=O) groups is 1. The molecule has 1 amide bonds. The van der Waals surface area contributed by atoms with Crippen molar-refractivity contribution in [3.8, 4) is 0 Å². The van der Waals surface area contributed by atoms with Crippen LogP contribution < -0.4 is 5.32 Å². The Hall–Kier alpha value is -2.17. The van der Waals surface area contributed by atoms with Crippen LogP contribution >= 0.6 is 22.9 Å². The Bertz CT molecular complexity index is 846. The van der Waals surface area contributed by atoms with Gasteiger partial charge in [-0.3, -0.25) is 4.79 Å². The van der Waals surface area contributed by atoms with Gasteiger partial charge in [-0.1, -0.05) is 60.1 Å². The Balaban J connectivity index is 1.68. The molecule has 0 bridgehead atoms. The number of aromatic nitrogens is 1. The highest BCUT2D eigenvalue weighted by atomic mass is 35.5. The van der Waals surface area contributed by atoms with E-state index in [4.69, 9.17) is 11.6 Å². The van der Waals surface area contributed by atoms with Gasteiger partial charge < -0.3 is 5.32 Å². The summed E-state index contributed by atoms with van der Waals surface area (Å²) in [5.41, 5.74) is 2.86. The Morgan fingerprint density at radius 2 is 1.83 bits per heavy atom. The van der Waals surface area contributed by atoms with Gasteiger partial charge in [0, 0.05) is 18.0 Å². The van der Waals surface area contributed by atoms with Crippen molar-refractivity contribution in [1.82, 2.24) is 10.3 Å². The van der Waals surface area contributed by atoms with Crippen molar-refractivity contribution in [2.24, 2.45) is 0 Å². The molecule has 0 spiro atoms. The van der Waals surface area contributed by atoms with Gasteiger partial charge >= 0.3 is 0 Å². The summed E-state index contributed by atoms with van der Waals surface area (Å²) in [4.78, 5) is 17.6. The molecular formula is C19H17ClN2OS. The molecule has 1 aromatic heterocycles. The zero-order valence-corrected chi connectivity index (χ0v) is 14.8. The van der Waals surface area contributed by atoms with Gasteiger partial charge in [-0.15, -0.1) is 11.3 Å². The lowest BCUT2D eigenvalue weighted by Gasteiger charge is -2.05. The molecule has 0 aliphatic heterocycles. The molecule has 0 saturated heterocycles. The van der Waals surface area contributed by atoms with Crippen LogP contribution in [0.5, 0.6) is 0 Å². The minimum Gasteiger partial charge on any atom is -0.347 e. The van der Waals surface area contributed by atoms with Crippen molar-refractivity contribution >= 4 is 28.8 Å². The standard InChI is InChI=1S/C19H17ClN2OS/c1-13-18(19(23)21-12-15-9-5-6-10-16(15)20)24-17(22-13)11-14-7-3-2-4-8-14/h2-10H,11-12H2,1H3,(H,21,23). The number of rotatable bonds is 5. The van der Waals surface area contributed by atoms with Crippen LogP contribution in [0, 0.1) is 6.92 Å². The summed E-state index contributed by atoms with van der Waals surface area (Å²) < 4.78 is 0. The maximum absolute atomic E-state index is 12.4. The van der Waals surface area contributed by atoms with Crippen LogP contribution in [0.2, 0.25) is 5.02 Å². The van der Waals surface area contributed by atoms with Crippen LogP contribution in [0.1, 0.15) is 31.5 Å². The number of amides is 1. The maximum Gasteiger partial charge on any atom is 0.263 e. The van der Waals surface area contributed by atoms with E-state index in [9.17, 15) is 4.79 Å². The summed E-state index contributed by atoms with van der Waals surface area (Å²) in [5, 5.41) is 4.52. The first-order valence-corrected chi connectivity index (χ1v) is 8.85. The monoisotopic (exact) mass is 356 g/mol. The first-order valence-electron chi connectivity index (χ1n) is 7.65. The molecule has 0 unspecified atom stereocenters. The molecule has 0 aliphatic rings. The third-order valence-corrected chi connectivity index (χ3v) is 5.17. The predicted octanol–water partition coefficient (Wildman–Crippen LogP) is 4.63.